The van der Waals surface area contributed by atoms with Crippen LogP contribution < -0.4 is 5.32 Å². The molecule has 0 saturated heterocycles. The molecule has 4 heteroatoms. The molecule has 1 aromatic heterocycles. The Kier molecular flexibility index (Phi) is 3.00. The lowest BCUT2D eigenvalue weighted by atomic mass is 10.2. The summed E-state index contributed by atoms with van der Waals surface area (Å²) in [7, 11) is 0. The monoisotopic (exact) mass is 215 g/mol. The number of amides is 1. The first-order chi connectivity index (χ1) is 7.79. The quantitative estimate of drug-likeness (QED) is 0.826. The number of H-pyrrole nitrogens is 1. The predicted octanol–water partition coefficient (Wildman–Crippen LogP) is 2.43. The number of hydrogen-bond donors (Lipinski definition) is 2. The first kappa shape index (κ1) is 10.4. The fraction of sp³-hybridized carbons (Fsp3) is 0.167. The van der Waals surface area contributed by atoms with Gasteiger partial charge in [0.15, 0.2) is 5.82 Å². The average molecular weight is 215 g/mol. The van der Waals surface area contributed by atoms with Gasteiger partial charge in [-0.05, 0) is 5.56 Å². The van der Waals surface area contributed by atoms with Gasteiger partial charge in [0.05, 0.1) is 5.69 Å². The molecule has 82 valence electrons. The number of carbonyl (C=O) groups excluding carboxylic acids is 1. The molecule has 2 rings (SSSR count). The summed E-state index contributed by atoms with van der Waals surface area (Å²) in [6.45, 7) is 1.81. The molecule has 2 N–H and O–H groups in total. The Bertz CT molecular complexity index is 476. The fourth-order valence-electron chi connectivity index (χ4n) is 1.38. The van der Waals surface area contributed by atoms with Gasteiger partial charge in [-0.1, -0.05) is 37.3 Å². The van der Waals surface area contributed by atoms with E-state index in [4.69, 9.17) is 0 Å². The highest BCUT2D eigenvalue weighted by Crippen LogP contribution is 2.18. The largest absolute Gasteiger partial charge is 0.309 e. The van der Waals surface area contributed by atoms with Crippen molar-refractivity contribution >= 4 is 11.7 Å². The number of anilines is 1. The van der Waals surface area contributed by atoms with Crippen LogP contribution in [0.15, 0.2) is 36.4 Å². The summed E-state index contributed by atoms with van der Waals surface area (Å²) in [5.41, 5.74) is 1.94. The molecule has 1 amide bonds. The molecule has 1 aromatic carbocycles. The van der Waals surface area contributed by atoms with Crippen molar-refractivity contribution in [3.05, 3.63) is 36.4 Å². The van der Waals surface area contributed by atoms with E-state index in [1.807, 2.05) is 36.4 Å². The molecular formula is C12H13N3O. The van der Waals surface area contributed by atoms with Gasteiger partial charge in [-0.25, -0.2) is 0 Å². The van der Waals surface area contributed by atoms with E-state index in [-0.39, 0.29) is 5.91 Å². The average Bonchev–Trinajstić information content (AvgIpc) is 2.78. The van der Waals surface area contributed by atoms with E-state index >= 15 is 0 Å². The maximum atomic E-state index is 11.2. The molecule has 0 saturated carbocycles. The number of hydrogen-bond acceptors (Lipinski definition) is 2. The number of carbonyl (C=O) groups is 1. The van der Waals surface area contributed by atoms with Crippen molar-refractivity contribution in [1.82, 2.24) is 10.2 Å². The second-order valence-corrected chi connectivity index (χ2v) is 3.43. The second kappa shape index (κ2) is 4.61. The molecule has 0 unspecified atom stereocenters. The molecule has 0 aliphatic heterocycles. The summed E-state index contributed by atoms with van der Waals surface area (Å²) in [5.74, 6) is 0.525. The van der Waals surface area contributed by atoms with Gasteiger partial charge in [0, 0.05) is 12.5 Å². The molecule has 2 aromatic rings. The Morgan fingerprint density at radius 1 is 1.38 bits per heavy atom. The van der Waals surface area contributed by atoms with Gasteiger partial charge < -0.3 is 5.32 Å². The van der Waals surface area contributed by atoms with Crippen LogP contribution in [-0.4, -0.2) is 16.1 Å². The molecule has 16 heavy (non-hydrogen) atoms. The maximum absolute atomic E-state index is 11.2. The molecule has 1 heterocycles. The third-order valence-corrected chi connectivity index (χ3v) is 2.25. The van der Waals surface area contributed by atoms with E-state index in [1.54, 1.807) is 6.92 Å². The Morgan fingerprint density at radius 3 is 2.81 bits per heavy atom. The Hall–Kier alpha value is -2.10. The normalized spacial score (nSPS) is 10.1. The van der Waals surface area contributed by atoms with Crippen LogP contribution in [-0.2, 0) is 4.79 Å². The number of nitrogens with zero attached hydrogens (tertiary/aromatic N) is 1. The van der Waals surface area contributed by atoms with E-state index < -0.39 is 0 Å². The van der Waals surface area contributed by atoms with Gasteiger partial charge in [-0.15, -0.1) is 0 Å². The highest BCUT2D eigenvalue weighted by molar-refractivity contribution is 5.90. The molecule has 0 spiro atoms. The number of aromatic nitrogens is 2. The third kappa shape index (κ3) is 2.28. The summed E-state index contributed by atoms with van der Waals surface area (Å²) in [6.07, 6.45) is 0.452. The number of nitrogens with one attached hydrogen (secondary N) is 2. The number of aromatic amines is 1. The highest BCUT2D eigenvalue weighted by Gasteiger charge is 2.04. The smallest absolute Gasteiger partial charge is 0.225 e. The van der Waals surface area contributed by atoms with E-state index in [2.05, 4.69) is 15.5 Å². The highest BCUT2D eigenvalue weighted by atomic mass is 16.1. The summed E-state index contributed by atoms with van der Waals surface area (Å²) < 4.78 is 0. The van der Waals surface area contributed by atoms with Crippen molar-refractivity contribution in [2.75, 3.05) is 5.32 Å². The van der Waals surface area contributed by atoms with Gasteiger partial charge in [0.1, 0.15) is 0 Å². The first-order valence-corrected chi connectivity index (χ1v) is 5.20. The molecular weight excluding hydrogens is 202 g/mol. The lowest BCUT2D eigenvalue weighted by molar-refractivity contribution is -0.115. The first-order valence-electron chi connectivity index (χ1n) is 5.20. The molecule has 0 radical (unpaired) electrons. The summed E-state index contributed by atoms with van der Waals surface area (Å²) >= 11 is 0. The maximum Gasteiger partial charge on any atom is 0.225 e. The van der Waals surface area contributed by atoms with Gasteiger partial charge in [-0.3, -0.25) is 9.89 Å². The molecule has 0 fully saturated rings. The van der Waals surface area contributed by atoms with Crippen LogP contribution in [0.4, 0.5) is 5.82 Å². The summed E-state index contributed by atoms with van der Waals surface area (Å²) in [5, 5.41) is 9.61. The zero-order valence-electron chi connectivity index (χ0n) is 9.03. The second-order valence-electron chi connectivity index (χ2n) is 3.43. The minimum absolute atomic E-state index is 0.0360. The van der Waals surface area contributed by atoms with Crippen LogP contribution in [0.25, 0.3) is 11.3 Å². The SMILES string of the molecule is CCC(=O)Nc1cc(-c2ccccc2)[nH]n1. The van der Waals surface area contributed by atoms with Crippen molar-refractivity contribution < 1.29 is 4.79 Å². The van der Waals surface area contributed by atoms with E-state index in [0.29, 0.717) is 12.2 Å². The zero-order chi connectivity index (χ0) is 11.4. The van der Waals surface area contributed by atoms with Crippen LogP contribution in [0.5, 0.6) is 0 Å². The predicted molar refractivity (Wildman–Crippen MR) is 62.9 cm³/mol. The minimum atomic E-state index is -0.0360. The van der Waals surface area contributed by atoms with Crippen molar-refractivity contribution in [2.45, 2.75) is 13.3 Å². The molecule has 0 aliphatic carbocycles. The minimum Gasteiger partial charge on any atom is -0.309 e. The van der Waals surface area contributed by atoms with E-state index in [1.165, 1.54) is 0 Å². The number of benzene rings is 1. The molecule has 0 bridgehead atoms. The Balaban J connectivity index is 2.17. The van der Waals surface area contributed by atoms with E-state index in [9.17, 15) is 4.79 Å². The van der Waals surface area contributed by atoms with Crippen LogP contribution in [0.3, 0.4) is 0 Å². The van der Waals surface area contributed by atoms with Crippen LogP contribution >= 0.6 is 0 Å². The third-order valence-electron chi connectivity index (χ3n) is 2.25. The van der Waals surface area contributed by atoms with Crippen LogP contribution in [0.1, 0.15) is 13.3 Å². The fourth-order valence-corrected chi connectivity index (χ4v) is 1.38. The van der Waals surface area contributed by atoms with E-state index in [0.717, 1.165) is 11.3 Å². The molecule has 4 nitrogen and oxygen atoms in total. The Labute approximate surface area is 93.7 Å². The topological polar surface area (TPSA) is 57.8 Å². The van der Waals surface area contributed by atoms with Crippen LogP contribution in [0, 0.1) is 0 Å². The lowest BCUT2D eigenvalue weighted by Crippen LogP contribution is -2.09. The zero-order valence-corrected chi connectivity index (χ0v) is 9.03. The lowest BCUT2D eigenvalue weighted by Gasteiger charge is -1.96. The van der Waals surface area contributed by atoms with Crippen molar-refractivity contribution in [1.29, 1.82) is 0 Å². The molecule has 0 aliphatic rings. The van der Waals surface area contributed by atoms with Crippen molar-refractivity contribution in [3.8, 4) is 11.3 Å². The standard InChI is InChI=1S/C12H13N3O/c1-2-12(16)13-11-8-10(14-15-11)9-6-4-3-5-7-9/h3-8H,2H2,1H3,(H2,13,14,15,16). The van der Waals surface area contributed by atoms with Gasteiger partial charge >= 0.3 is 0 Å². The van der Waals surface area contributed by atoms with Crippen molar-refractivity contribution in [3.63, 3.8) is 0 Å². The summed E-state index contributed by atoms with van der Waals surface area (Å²) in [4.78, 5) is 11.2. The van der Waals surface area contributed by atoms with Crippen molar-refractivity contribution in [2.24, 2.45) is 0 Å². The van der Waals surface area contributed by atoms with Gasteiger partial charge in [-0.2, -0.15) is 5.10 Å². The van der Waals surface area contributed by atoms with Gasteiger partial charge in [0.25, 0.3) is 0 Å². The Morgan fingerprint density at radius 2 is 2.12 bits per heavy atom. The summed E-state index contributed by atoms with van der Waals surface area (Å²) in [6, 6.07) is 11.7. The van der Waals surface area contributed by atoms with Gasteiger partial charge in [0.2, 0.25) is 5.91 Å². The van der Waals surface area contributed by atoms with Crippen LogP contribution in [0.2, 0.25) is 0 Å². The number of rotatable bonds is 3. The molecule has 0 atom stereocenters.